The number of methoxy groups -OCH3 is 3. The Morgan fingerprint density at radius 3 is 2.30 bits per heavy atom. The van der Waals surface area contributed by atoms with Crippen molar-refractivity contribution in [3.05, 3.63) is 64.7 Å². The summed E-state index contributed by atoms with van der Waals surface area (Å²) in [5.74, 6) is 2.11. The molecule has 144 valence electrons. The van der Waals surface area contributed by atoms with E-state index in [1.54, 1.807) is 51.7 Å². The van der Waals surface area contributed by atoms with E-state index >= 15 is 0 Å². The van der Waals surface area contributed by atoms with Crippen molar-refractivity contribution in [2.45, 2.75) is 6.42 Å². The lowest BCUT2D eigenvalue weighted by Gasteiger charge is -2.11. The summed E-state index contributed by atoms with van der Waals surface area (Å²) in [5.41, 5.74) is 1.76. The average Bonchev–Trinajstić information content (AvgIpc) is 2.72. The molecule has 6 heteroatoms. The zero-order valence-corrected chi connectivity index (χ0v) is 16.9. The molecule has 0 bridgehead atoms. The van der Waals surface area contributed by atoms with E-state index in [0.29, 0.717) is 23.6 Å². The first-order valence-electron chi connectivity index (χ1n) is 8.50. The first kappa shape index (κ1) is 20.7. The number of ketones is 1. The third kappa shape index (κ3) is 5.96. The van der Waals surface area contributed by atoms with Gasteiger partial charge in [-0.25, -0.2) is 0 Å². The van der Waals surface area contributed by atoms with Crippen molar-refractivity contribution < 1.29 is 19.0 Å². The normalized spacial score (nSPS) is 11.0. The van der Waals surface area contributed by atoms with Crippen LogP contribution < -0.4 is 19.5 Å². The number of thioether (sulfide) groups is 1. The molecule has 0 saturated carbocycles. The quantitative estimate of drug-likeness (QED) is 0.492. The molecule has 2 rings (SSSR count). The minimum absolute atomic E-state index is 0.0411. The number of carbonyl (C=O) groups is 1. The largest absolute Gasteiger partial charge is 0.497 e. The monoisotopic (exact) mass is 387 g/mol. The molecule has 27 heavy (non-hydrogen) atoms. The van der Waals surface area contributed by atoms with Gasteiger partial charge in [-0.2, -0.15) is 0 Å². The van der Waals surface area contributed by atoms with Crippen molar-refractivity contribution >= 4 is 17.5 Å². The van der Waals surface area contributed by atoms with Crippen molar-refractivity contribution in [3.63, 3.8) is 0 Å². The van der Waals surface area contributed by atoms with Crippen molar-refractivity contribution in [2.75, 3.05) is 34.1 Å². The van der Waals surface area contributed by atoms with Crippen LogP contribution in [0.1, 0.15) is 15.9 Å². The Hall–Kier alpha value is -2.60. The van der Waals surface area contributed by atoms with E-state index in [0.717, 1.165) is 22.8 Å². The molecule has 0 saturated heterocycles. The van der Waals surface area contributed by atoms with Crippen LogP contribution in [0.5, 0.6) is 17.2 Å². The minimum atomic E-state index is -0.0411. The van der Waals surface area contributed by atoms with Crippen molar-refractivity contribution in [3.8, 4) is 17.2 Å². The minimum Gasteiger partial charge on any atom is -0.497 e. The summed E-state index contributed by atoms with van der Waals surface area (Å²) in [7, 11) is 4.85. The predicted molar refractivity (Wildman–Crippen MR) is 110 cm³/mol. The van der Waals surface area contributed by atoms with Gasteiger partial charge in [0.15, 0.2) is 17.3 Å². The van der Waals surface area contributed by atoms with Crippen molar-refractivity contribution in [1.82, 2.24) is 5.32 Å². The van der Waals surface area contributed by atoms with Crippen LogP contribution in [0.25, 0.3) is 0 Å². The molecule has 0 spiro atoms. The number of nitrogens with one attached hydrogen (secondary N) is 1. The van der Waals surface area contributed by atoms with Crippen LogP contribution in [0.15, 0.2) is 53.6 Å². The maximum absolute atomic E-state index is 12.4. The van der Waals surface area contributed by atoms with Gasteiger partial charge in [-0.05, 0) is 54.6 Å². The zero-order chi connectivity index (χ0) is 19.6. The summed E-state index contributed by atoms with van der Waals surface area (Å²) in [6.07, 6.45) is 4.37. The number of ether oxygens (including phenoxy) is 3. The molecule has 2 aromatic carbocycles. The highest BCUT2D eigenvalue weighted by Crippen LogP contribution is 2.27. The average molecular weight is 388 g/mol. The van der Waals surface area contributed by atoms with Gasteiger partial charge in [0.2, 0.25) is 0 Å². The van der Waals surface area contributed by atoms with Gasteiger partial charge in [-0.1, -0.05) is 6.07 Å². The standard InChI is InChI=1S/C21H25NO4S/c1-24-17-8-6-16(7-9-17)18(23)14-21(27-4)22-12-11-15-5-10-19(25-2)20(13-15)26-3/h5-10,13-14,22H,11-12H2,1-4H3/b21-14-. The van der Waals surface area contributed by atoms with Crippen molar-refractivity contribution in [1.29, 1.82) is 0 Å². The van der Waals surface area contributed by atoms with Gasteiger partial charge in [0, 0.05) is 18.2 Å². The number of hydrogen-bond donors (Lipinski definition) is 1. The summed E-state index contributed by atoms with van der Waals surface area (Å²) in [6.45, 7) is 0.706. The molecule has 0 heterocycles. The third-order valence-corrected chi connectivity index (χ3v) is 4.72. The van der Waals surface area contributed by atoms with E-state index in [9.17, 15) is 4.79 Å². The van der Waals surface area contributed by atoms with Gasteiger partial charge < -0.3 is 19.5 Å². The third-order valence-electron chi connectivity index (χ3n) is 4.02. The summed E-state index contributed by atoms with van der Waals surface area (Å²) >= 11 is 1.51. The molecule has 2 aromatic rings. The Bertz CT molecular complexity index is 787. The van der Waals surface area contributed by atoms with E-state index in [4.69, 9.17) is 14.2 Å². The Balaban J connectivity index is 1.96. The van der Waals surface area contributed by atoms with Crippen LogP contribution in [-0.2, 0) is 6.42 Å². The molecule has 1 N–H and O–H groups in total. The number of hydrogen-bond acceptors (Lipinski definition) is 6. The van der Waals surface area contributed by atoms with Crippen LogP contribution in [0.3, 0.4) is 0 Å². The summed E-state index contributed by atoms with van der Waals surface area (Å²) in [6, 6.07) is 13.0. The number of rotatable bonds is 10. The fourth-order valence-electron chi connectivity index (χ4n) is 2.51. The van der Waals surface area contributed by atoms with Crippen LogP contribution in [-0.4, -0.2) is 39.9 Å². The topological polar surface area (TPSA) is 56.8 Å². The van der Waals surface area contributed by atoms with Gasteiger partial charge >= 0.3 is 0 Å². The van der Waals surface area contributed by atoms with Gasteiger partial charge in [-0.3, -0.25) is 4.79 Å². The maximum atomic E-state index is 12.4. The second-order valence-corrected chi connectivity index (χ2v) is 6.52. The highest BCUT2D eigenvalue weighted by molar-refractivity contribution is 8.02. The summed E-state index contributed by atoms with van der Waals surface area (Å²) in [4.78, 5) is 12.4. The molecule has 0 unspecified atom stereocenters. The van der Waals surface area contributed by atoms with Gasteiger partial charge in [0.25, 0.3) is 0 Å². The van der Waals surface area contributed by atoms with Gasteiger partial charge in [0.1, 0.15) is 5.75 Å². The first-order valence-corrected chi connectivity index (χ1v) is 9.72. The molecular formula is C21H25NO4S. The van der Waals surface area contributed by atoms with Crippen molar-refractivity contribution in [2.24, 2.45) is 0 Å². The van der Waals surface area contributed by atoms with Crippen LogP contribution in [0.2, 0.25) is 0 Å². The predicted octanol–water partition coefficient (Wildman–Crippen LogP) is 3.93. The smallest absolute Gasteiger partial charge is 0.188 e. The summed E-state index contributed by atoms with van der Waals surface area (Å²) in [5, 5.41) is 4.14. The second kappa shape index (κ2) is 10.5. The SMILES string of the molecule is COc1ccc(C(=O)/C=C(/NCCc2ccc(OC)c(OC)c2)SC)cc1. The van der Waals surface area contributed by atoms with E-state index in [1.165, 1.54) is 11.8 Å². The van der Waals surface area contributed by atoms with Crippen LogP contribution in [0, 0.1) is 0 Å². The van der Waals surface area contributed by atoms with Gasteiger partial charge in [-0.15, -0.1) is 11.8 Å². The first-order chi connectivity index (χ1) is 13.1. The highest BCUT2D eigenvalue weighted by Gasteiger charge is 2.07. The maximum Gasteiger partial charge on any atom is 0.188 e. The Morgan fingerprint density at radius 1 is 1.00 bits per heavy atom. The van der Waals surface area contributed by atoms with Crippen LogP contribution >= 0.6 is 11.8 Å². The molecule has 0 aliphatic rings. The summed E-state index contributed by atoms with van der Waals surface area (Å²) < 4.78 is 15.7. The fraction of sp³-hybridized carbons (Fsp3) is 0.286. The fourth-order valence-corrected chi connectivity index (χ4v) is 2.98. The van der Waals surface area contributed by atoms with E-state index < -0.39 is 0 Å². The van der Waals surface area contributed by atoms with E-state index in [2.05, 4.69) is 5.32 Å². The highest BCUT2D eigenvalue weighted by atomic mass is 32.2. The number of benzene rings is 2. The number of carbonyl (C=O) groups excluding carboxylic acids is 1. The van der Waals surface area contributed by atoms with E-state index in [1.807, 2.05) is 24.5 Å². The molecule has 0 aromatic heterocycles. The molecule has 0 atom stereocenters. The lowest BCUT2D eigenvalue weighted by atomic mass is 10.1. The number of allylic oxidation sites excluding steroid dienone is 1. The Morgan fingerprint density at radius 2 is 1.70 bits per heavy atom. The molecule has 0 radical (unpaired) electrons. The second-order valence-electron chi connectivity index (χ2n) is 5.67. The molecule has 0 aliphatic heterocycles. The van der Waals surface area contributed by atoms with E-state index in [-0.39, 0.29) is 5.78 Å². The molecule has 0 aliphatic carbocycles. The zero-order valence-electron chi connectivity index (χ0n) is 16.1. The molecule has 0 amide bonds. The molecule has 0 fully saturated rings. The lowest BCUT2D eigenvalue weighted by Crippen LogP contribution is -2.16. The van der Waals surface area contributed by atoms with Crippen LogP contribution in [0.4, 0.5) is 0 Å². The lowest BCUT2D eigenvalue weighted by molar-refractivity contribution is 0.104. The Labute approximate surface area is 164 Å². The van der Waals surface area contributed by atoms with Gasteiger partial charge in [0.05, 0.1) is 26.4 Å². The Kier molecular flexibility index (Phi) is 8.07. The molecule has 5 nitrogen and oxygen atoms in total. The molecular weight excluding hydrogens is 362 g/mol.